The molecule has 2 aromatic carbocycles. The molecule has 0 radical (unpaired) electrons. The van der Waals surface area contributed by atoms with Crippen LogP contribution >= 0.6 is 0 Å². The summed E-state index contributed by atoms with van der Waals surface area (Å²) in [6.45, 7) is 12.1. The third-order valence-electron chi connectivity index (χ3n) is 11.4. The quantitative estimate of drug-likeness (QED) is 0.0679. The minimum atomic E-state index is -4.68. The lowest BCUT2D eigenvalue weighted by atomic mass is 9.81. The number of unbranched alkanes of at least 4 members (excludes halogenated alkanes) is 2. The monoisotopic (exact) mass is 838 g/mol. The van der Waals surface area contributed by atoms with Crippen LogP contribution in [0.1, 0.15) is 110 Å². The van der Waals surface area contributed by atoms with Crippen molar-refractivity contribution >= 4 is 49.3 Å². The minimum absolute atomic E-state index is 0.0570. The molecule has 0 saturated carbocycles. The van der Waals surface area contributed by atoms with Crippen molar-refractivity contribution in [3.8, 4) is 0 Å². The summed E-state index contributed by atoms with van der Waals surface area (Å²) >= 11 is 0. The molecule has 2 amide bonds. The van der Waals surface area contributed by atoms with Crippen molar-refractivity contribution < 1.29 is 44.8 Å². The standard InChI is InChI=1S/C43H58N4O9S2/c1-6-46-36-24-22-32(57(50,51)52)29-34(36)42(2,3)38(46)19-15-20-39-43(4,5)35-30-33(58(53,54)55)23-25-37(35)47(39)28-14-10-13-21-40(48)44-26-16-27-45-41(49)56-31-17-11-8-7-9-12-18-31/h8,11,15,19-20,22-25,29-31H,6-7,9-10,12-14,16-18,21,26-28H2,1-5H3,(H3-,44,45,48,49,50,51,52,53,54,55)/b11-8+. The predicted octanol–water partition coefficient (Wildman–Crippen LogP) is 7.15. The second-order valence-electron chi connectivity index (χ2n) is 16.2. The van der Waals surface area contributed by atoms with Crippen LogP contribution in [0, 0.1) is 0 Å². The van der Waals surface area contributed by atoms with Crippen LogP contribution < -0.4 is 15.5 Å². The van der Waals surface area contributed by atoms with Gasteiger partial charge in [0.05, 0.1) is 15.2 Å². The van der Waals surface area contributed by atoms with Crippen molar-refractivity contribution in [2.75, 3.05) is 31.1 Å². The Morgan fingerprint density at radius 1 is 0.931 bits per heavy atom. The molecule has 316 valence electrons. The zero-order chi connectivity index (χ0) is 42.3. The molecule has 2 aliphatic heterocycles. The average Bonchev–Trinajstić information content (AvgIpc) is 3.49. The molecular formula is C43H58N4O9S2. The molecule has 2 heterocycles. The second kappa shape index (κ2) is 18.7. The van der Waals surface area contributed by atoms with Gasteiger partial charge in [-0.25, -0.2) is 13.2 Å². The van der Waals surface area contributed by atoms with Crippen molar-refractivity contribution in [2.24, 2.45) is 0 Å². The van der Waals surface area contributed by atoms with Gasteiger partial charge in [-0.05, 0) is 108 Å². The molecule has 1 atom stereocenters. The SMILES string of the molecule is CCN1C(=CC=CC2=[N+](CCCCCC(=O)NCCCNC(=O)OC3C/C=C/CCCC3)c3ccc(S(=O)(=O)[O-])cc3C2(C)C)C(C)(C)c2cc(S(=O)(=O)O)ccc21. The van der Waals surface area contributed by atoms with Gasteiger partial charge in [-0.15, -0.1) is 0 Å². The van der Waals surface area contributed by atoms with Crippen LogP contribution in [0.2, 0.25) is 0 Å². The predicted molar refractivity (Wildman–Crippen MR) is 223 cm³/mol. The molecule has 0 fully saturated rings. The number of nitrogens with one attached hydrogen (secondary N) is 2. The van der Waals surface area contributed by atoms with E-state index in [0.717, 1.165) is 78.9 Å². The van der Waals surface area contributed by atoms with E-state index in [4.69, 9.17) is 4.74 Å². The summed E-state index contributed by atoms with van der Waals surface area (Å²) < 4.78 is 77.4. The number of likely N-dealkylation sites (N-methyl/N-ethyl adjacent to an activating group) is 1. The molecule has 5 rings (SSSR count). The summed E-state index contributed by atoms with van der Waals surface area (Å²) in [5.41, 5.74) is 3.75. The molecule has 0 spiro atoms. The molecular weight excluding hydrogens is 781 g/mol. The molecule has 0 saturated heterocycles. The number of benzene rings is 2. The van der Waals surface area contributed by atoms with E-state index in [-0.39, 0.29) is 21.8 Å². The van der Waals surface area contributed by atoms with Gasteiger partial charge in [-0.3, -0.25) is 9.35 Å². The van der Waals surface area contributed by atoms with E-state index in [0.29, 0.717) is 45.4 Å². The Labute approximate surface area is 343 Å². The average molecular weight is 839 g/mol. The first kappa shape index (κ1) is 44.8. The Kier molecular flexibility index (Phi) is 14.5. The number of rotatable bonds is 16. The Morgan fingerprint density at radius 2 is 1.66 bits per heavy atom. The maximum absolute atomic E-state index is 12.6. The topological polar surface area (TPSA) is 185 Å². The van der Waals surface area contributed by atoms with Crippen LogP contribution in [0.25, 0.3) is 0 Å². The van der Waals surface area contributed by atoms with E-state index in [1.54, 1.807) is 12.1 Å². The number of hydrogen-bond donors (Lipinski definition) is 3. The highest BCUT2D eigenvalue weighted by molar-refractivity contribution is 7.86. The van der Waals surface area contributed by atoms with Crippen molar-refractivity contribution in [1.82, 2.24) is 10.6 Å². The summed E-state index contributed by atoms with van der Waals surface area (Å²) in [5.74, 6) is -0.0570. The molecule has 58 heavy (non-hydrogen) atoms. The van der Waals surface area contributed by atoms with Gasteiger partial charge in [0.15, 0.2) is 5.71 Å². The van der Waals surface area contributed by atoms with E-state index in [1.165, 1.54) is 24.3 Å². The Bertz CT molecular complexity index is 2210. The number of alkyl carbamates (subject to hydrolysis) is 1. The fourth-order valence-corrected chi connectivity index (χ4v) is 9.19. The Hall–Kier alpha value is -4.31. The molecule has 3 aliphatic rings. The number of hydrogen-bond acceptors (Lipinski definition) is 9. The Morgan fingerprint density at radius 3 is 2.38 bits per heavy atom. The van der Waals surface area contributed by atoms with E-state index in [1.807, 2.05) is 52.8 Å². The summed E-state index contributed by atoms with van der Waals surface area (Å²) in [4.78, 5) is 26.4. The molecule has 1 unspecified atom stereocenters. The number of ether oxygens (including phenoxy) is 1. The first-order chi connectivity index (χ1) is 27.4. The van der Waals surface area contributed by atoms with Gasteiger partial charge >= 0.3 is 6.09 Å². The highest BCUT2D eigenvalue weighted by Gasteiger charge is 2.45. The fraction of sp³-hybridized carbons (Fsp3) is 0.512. The largest absolute Gasteiger partial charge is 0.744 e. The van der Waals surface area contributed by atoms with Crippen LogP contribution in [-0.4, -0.2) is 80.5 Å². The second-order valence-corrected chi connectivity index (χ2v) is 19.0. The van der Waals surface area contributed by atoms with Gasteiger partial charge in [0.1, 0.15) is 22.8 Å². The molecule has 13 nitrogen and oxygen atoms in total. The lowest BCUT2D eigenvalue weighted by Crippen LogP contribution is -2.32. The van der Waals surface area contributed by atoms with E-state index >= 15 is 0 Å². The van der Waals surface area contributed by atoms with Crippen LogP contribution in [-0.2, 0) is 40.6 Å². The Balaban J connectivity index is 1.21. The lowest BCUT2D eigenvalue weighted by molar-refractivity contribution is -0.438. The van der Waals surface area contributed by atoms with Crippen molar-refractivity contribution in [3.63, 3.8) is 0 Å². The fourth-order valence-electron chi connectivity index (χ4n) is 8.18. The summed E-state index contributed by atoms with van der Waals surface area (Å²) in [6, 6.07) is 9.12. The maximum atomic E-state index is 12.6. The molecule has 15 heteroatoms. The lowest BCUT2D eigenvalue weighted by Gasteiger charge is -2.25. The minimum Gasteiger partial charge on any atom is -0.744 e. The zero-order valence-electron chi connectivity index (χ0n) is 34.3. The maximum Gasteiger partial charge on any atom is 0.407 e. The summed E-state index contributed by atoms with van der Waals surface area (Å²) in [6.07, 6.45) is 17.5. The van der Waals surface area contributed by atoms with Gasteiger partial charge in [-0.1, -0.05) is 32.1 Å². The van der Waals surface area contributed by atoms with Crippen LogP contribution in [0.4, 0.5) is 16.2 Å². The third kappa shape index (κ3) is 10.6. The first-order valence-corrected chi connectivity index (χ1v) is 23.1. The van der Waals surface area contributed by atoms with Gasteiger partial charge in [-0.2, -0.15) is 13.0 Å². The number of nitrogens with zero attached hydrogens (tertiary/aromatic N) is 2. The van der Waals surface area contributed by atoms with Crippen LogP contribution in [0.15, 0.2) is 82.3 Å². The molecule has 2 aromatic rings. The number of amides is 2. The summed E-state index contributed by atoms with van der Waals surface area (Å²) in [7, 11) is -9.07. The van der Waals surface area contributed by atoms with Gasteiger partial charge in [0.25, 0.3) is 10.1 Å². The molecule has 0 bridgehead atoms. The highest BCUT2D eigenvalue weighted by Crippen LogP contribution is 2.48. The van der Waals surface area contributed by atoms with Gasteiger partial charge < -0.3 is 24.8 Å². The smallest absolute Gasteiger partial charge is 0.407 e. The van der Waals surface area contributed by atoms with E-state index in [9.17, 15) is 35.5 Å². The summed E-state index contributed by atoms with van der Waals surface area (Å²) in [5, 5.41) is 5.70. The van der Waals surface area contributed by atoms with Crippen molar-refractivity contribution in [3.05, 3.63) is 83.6 Å². The van der Waals surface area contributed by atoms with Crippen molar-refractivity contribution in [1.29, 1.82) is 0 Å². The van der Waals surface area contributed by atoms with E-state index < -0.39 is 37.2 Å². The van der Waals surface area contributed by atoms with E-state index in [2.05, 4.69) is 32.3 Å². The van der Waals surface area contributed by atoms with Crippen LogP contribution in [0.5, 0.6) is 0 Å². The molecule has 1 aliphatic carbocycles. The number of allylic oxidation sites excluding steroid dienone is 5. The normalized spacial score (nSPS) is 20.1. The van der Waals surface area contributed by atoms with Crippen LogP contribution in [0.3, 0.4) is 0 Å². The van der Waals surface area contributed by atoms with Gasteiger partial charge in [0.2, 0.25) is 11.6 Å². The number of fused-ring (bicyclic) bond motifs is 2. The molecule has 3 N–H and O–H groups in total. The number of carbonyl (C=O) groups excluding carboxylic acids is 2. The number of carbonyl (C=O) groups is 2. The van der Waals surface area contributed by atoms with Crippen molar-refractivity contribution in [2.45, 2.75) is 126 Å². The number of anilines is 1. The molecule has 0 aromatic heterocycles. The zero-order valence-corrected chi connectivity index (χ0v) is 35.9. The first-order valence-electron chi connectivity index (χ1n) is 20.3. The van der Waals surface area contributed by atoms with Gasteiger partial charge in [0, 0.05) is 73.4 Å². The highest BCUT2D eigenvalue weighted by atomic mass is 32.2. The third-order valence-corrected chi connectivity index (χ3v) is 13.0.